The van der Waals surface area contributed by atoms with Gasteiger partial charge in [-0.3, -0.25) is 0 Å². The fraction of sp³-hybridized carbons (Fsp3) is 0.238. The van der Waals surface area contributed by atoms with E-state index in [1.54, 1.807) is 25.1 Å². The highest BCUT2D eigenvalue weighted by atomic mass is 35.5. The molecule has 1 heterocycles. The van der Waals surface area contributed by atoms with Crippen molar-refractivity contribution >= 4 is 29.4 Å². The van der Waals surface area contributed by atoms with Crippen molar-refractivity contribution < 1.29 is 19.1 Å². The normalized spacial score (nSPS) is 14.9. The zero-order valence-corrected chi connectivity index (χ0v) is 16.2. The molecule has 3 rings (SSSR count). The minimum absolute atomic E-state index is 0.374. The molecule has 2 aromatic rings. The number of aryl methyl sites for hydroxylation is 1. The number of halogens is 1. The number of ether oxygens (including phenoxy) is 2. The molecule has 6 heteroatoms. The molecular formula is C21H20ClNO4. The fourth-order valence-corrected chi connectivity index (χ4v) is 2.87. The molecule has 140 valence electrons. The maximum Gasteiger partial charge on any atom is 0.367 e. The van der Waals surface area contributed by atoms with Crippen molar-refractivity contribution in [3.8, 4) is 11.5 Å². The van der Waals surface area contributed by atoms with Crippen LogP contribution in [-0.2, 0) is 16.2 Å². The first-order valence-corrected chi connectivity index (χ1v) is 8.98. The average Bonchev–Trinajstić information content (AvgIpc) is 2.95. The van der Waals surface area contributed by atoms with Crippen LogP contribution in [-0.4, -0.2) is 18.3 Å². The van der Waals surface area contributed by atoms with E-state index >= 15 is 0 Å². The molecular weight excluding hydrogens is 366 g/mol. The van der Waals surface area contributed by atoms with E-state index in [1.165, 1.54) is 5.56 Å². The maximum absolute atomic E-state index is 11.7. The van der Waals surface area contributed by atoms with Crippen LogP contribution in [0.25, 0.3) is 6.08 Å². The predicted octanol–water partition coefficient (Wildman–Crippen LogP) is 4.94. The van der Waals surface area contributed by atoms with Crippen molar-refractivity contribution in [3.63, 3.8) is 0 Å². The second-order valence-electron chi connectivity index (χ2n) is 6.15. The highest BCUT2D eigenvalue weighted by Gasteiger charge is 2.22. The van der Waals surface area contributed by atoms with Gasteiger partial charge in [0.1, 0.15) is 6.61 Å². The van der Waals surface area contributed by atoms with Gasteiger partial charge in [0.15, 0.2) is 11.5 Å². The number of rotatable bonds is 6. The Morgan fingerprint density at radius 1 is 1.15 bits per heavy atom. The maximum atomic E-state index is 11.7. The number of hydrogen-bond donors (Lipinski definition) is 0. The van der Waals surface area contributed by atoms with Crippen LogP contribution in [0.15, 0.2) is 47.1 Å². The second kappa shape index (κ2) is 8.27. The van der Waals surface area contributed by atoms with Crippen molar-refractivity contribution in [1.29, 1.82) is 0 Å². The monoisotopic (exact) mass is 385 g/mol. The van der Waals surface area contributed by atoms with Crippen LogP contribution in [0.4, 0.5) is 0 Å². The van der Waals surface area contributed by atoms with Gasteiger partial charge in [-0.15, -0.1) is 0 Å². The molecule has 5 nitrogen and oxygen atoms in total. The van der Waals surface area contributed by atoms with Gasteiger partial charge in [-0.05, 0) is 50.1 Å². The summed E-state index contributed by atoms with van der Waals surface area (Å²) < 4.78 is 11.6. The molecule has 2 aromatic carbocycles. The zero-order valence-electron chi connectivity index (χ0n) is 15.4. The first kappa shape index (κ1) is 19.0. The van der Waals surface area contributed by atoms with E-state index in [1.807, 2.05) is 38.1 Å². The van der Waals surface area contributed by atoms with Gasteiger partial charge in [0.25, 0.3) is 0 Å². The molecule has 1 aliphatic heterocycles. The number of oxime groups is 1. The molecule has 0 aromatic heterocycles. The third-order valence-corrected chi connectivity index (χ3v) is 4.30. The second-order valence-corrected chi connectivity index (χ2v) is 6.56. The van der Waals surface area contributed by atoms with Gasteiger partial charge in [0.2, 0.25) is 0 Å². The minimum Gasteiger partial charge on any atom is -0.490 e. The van der Waals surface area contributed by atoms with Crippen molar-refractivity contribution in [2.45, 2.75) is 27.4 Å². The summed E-state index contributed by atoms with van der Waals surface area (Å²) in [4.78, 5) is 16.4. The van der Waals surface area contributed by atoms with Gasteiger partial charge < -0.3 is 14.3 Å². The topological polar surface area (TPSA) is 57.1 Å². The Bertz CT molecular complexity index is 917. The molecule has 0 bridgehead atoms. The first-order chi connectivity index (χ1) is 13.0. The highest BCUT2D eigenvalue weighted by Crippen LogP contribution is 2.38. The molecule has 0 saturated heterocycles. The lowest BCUT2D eigenvalue weighted by atomic mass is 10.1. The molecule has 0 fully saturated rings. The number of benzene rings is 2. The lowest BCUT2D eigenvalue weighted by molar-refractivity contribution is -0.136. The Hall–Kier alpha value is -2.79. The molecule has 0 aliphatic carbocycles. The number of nitrogens with zero attached hydrogens (tertiary/aromatic N) is 1. The molecule has 27 heavy (non-hydrogen) atoms. The summed E-state index contributed by atoms with van der Waals surface area (Å²) in [5.74, 6) is 0.506. The number of carbonyl (C=O) groups excluding carboxylic acids is 1. The summed E-state index contributed by atoms with van der Waals surface area (Å²) in [6, 6.07) is 11.6. The lowest BCUT2D eigenvalue weighted by Gasteiger charge is -2.15. The van der Waals surface area contributed by atoms with Gasteiger partial charge in [0.05, 0.1) is 22.9 Å². The van der Waals surface area contributed by atoms with E-state index in [2.05, 4.69) is 9.99 Å². The first-order valence-electron chi connectivity index (χ1n) is 8.60. The number of hydrogen-bond acceptors (Lipinski definition) is 5. The Morgan fingerprint density at radius 3 is 2.52 bits per heavy atom. The van der Waals surface area contributed by atoms with E-state index in [0.29, 0.717) is 46.6 Å². The van der Waals surface area contributed by atoms with Crippen LogP contribution >= 0.6 is 11.6 Å². The third-order valence-electron chi connectivity index (χ3n) is 4.02. The summed E-state index contributed by atoms with van der Waals surface area (Å²) in [7, 11) is 0. The highest BCUT2D eigenvalue weighted by molar-refractivity contribution is 6.32. The molecule has 0 unspecified atom stereocenters. The van der Waals surface area contributed by atoms with Gasteiger partial charge in [-0.25, -0.2) is 4.79 Å². The zero-order chi connectivity index (χ0) is 19.4. The van der Waals surface area contributed by atoms with E-state index in [4.69, 9.17) is 21.1 Å². The van der Waals surface area contributed by atoms with Crippen molar-refractivity contribution in [3.05, 3.63) is 63.7 Å². The van der Waals surface area contributed by atoms with E-state index in [9.17, 15) is 4.79 Å². The standard InChI is InChI=1S/C21H20ClNO4/c1-4-25-19-11-16(9-17-14(3)23-27-21(17)24)10-18(22)20(19)26-12-15-7-5-13(2)6-8-15/h5-11H,4,12H2,1-3H3. The molecule has 0 saturated carbocycles. The molecule has 1 aliphatic rings. The SMILES string of the molecule is CCOc1cc(C=C2C(=O)ON=C2C)cc(Cl)c1OCc1ccc(C)cc1. The third kappa shape index (κ3) is 4.49. The van der Waals surface area contributed by atoms with Gasteiger partial charge >= 0.3 is 5.97 Å². The smallest absolute Gasteiger partial charge is 0.367 e. The van der Waals surface area contributed by atoms with Crippen LogP contribution in [0.3, 0.4) is 0 Å². The lowest BCUT2D eigenvalue weighted by Crippen LogP contribution is -2.03. The average molecular weight is 386 g/mol. The quantitative estimate of drug-likeness (QED) is 0.522. The van der Waals surface area contributed by atoms with Crippen molar-refractivity contribution in [1.82, 2.24) is 0 Å². The predicted molar refractivity (Wildman–Crippen MR) is 105 cm³/mol. The Balaban J connectivity index is 1.88. The Kier molecular flexibility index (Phi) is 5.81. The summed E-state index contributed by atoms with van der Waals surface area (Å²) in [6.07, 6.45) is 1.67. The summed E-state index contributed by atoms with van der Waals surface area (Å²) in [5, 5.41) is 4.08. The van der Waals surface area contributed by atoms with Crippen LogP contribution in [0, 0.1) is 6.92 Å². The van der Waals surface area contributed by atoms with Crippen LogP contribution in [0.2, 0.25) is 5.02 Å². The molecule has 0 atom stereocenters. The Morgan fingerprint density at radius 2 is 1.89 bits per heavy atom. The van der Waals surface area contributed by atoms with E-state index < -0.39 is 5.97 Å². The van der Waals surface area contributed by atoms with E-state index in [0.717, 1.165) is 5.56 Å². The number of carbonyl (C=O) groups is 1. The summed E-state index contributed by atoms with van der Waals surface area (Å²) >= 11 is 6.44. The molecule has 0 spiro atoms. The Labute approximate surface area is 163 Å². The summed E-state index contributed by atoms with van der Waals surface area (Å²) in [5.41, 5.74) is 3.84. The van der Waals surface area contributed by atoms with Crippen LogP contribution in [0.1, 0.15) is 30.5 Å². The fourth-order valence-electron chi connectivity index (χ4n) is 2.60. The van der Waals surface area contributed by atoms with Crippen LogP contribution in [0.5, 0.6) is 11.5 Å². The van der Waals surface area contributed by atoms with Crippen molar-refractivity contribution in [2.24, 2.45) is 5.16 Å². The molecule has 0 amide bonds. The molecule has 0 N–H and O–H groups in total. The molecule has 0 radical (unpaired) electrons. The summed E-state index contributed by atoms with van der Waals surface area (Å²) in [6.45, 7) is 6.46. The van der Waals surface area contributed by atoms with Crippen LogP contribution < -0.4 is 9.47 Å². The van der Waals surface area contributed by atoms with Gasteiger partial charge in [-0.1, -0.05) is 46.6 Å². The largest absolute Gasteiger partial charge is 0.490 e. The van der Waals surface area contributed by atoms with E-state index in [-0.39, 0.29) is 0 Å². The van der Waals surface area contributed by atoms with Gasteiger partial charge in [0, 0.05) is 0 Å². The minimum atomic E-state index is -0.485. The van der Waals surface area contributed by atoms with Crippen molar-refractivity contribution in [2.75, 3.05) is 6.61 Å². The van der Waals surface area contributed by atoms with Gasteiger partial charge in [-0.2, -0.15) is 0 Å².